The Balaban J connectivity index is 1.20. The summed E-state index contributed by atoms with van der Waals surface area (Å²) < 4.78 is 13.5. The third-order valence-corrected chi connectivity index (χ3v) is 7.69. The van der Waals surface area contributed by atoms with Crippen LogP contribution < -0.4 is 5.32 Å². The number of hydrogen-bond donors (Lipinski definition) is 3. The van der Waals surface area contributed by atoms with Crippen LogP contribution in [0.1, 0.15) is 31.2 Å². The van der Waals surface area contributed by atoms with Crippen molar-refractivity contribution in [1.29, 1.82) is 0 Å². The highest BCUT2D eigenvalue weighted by molar-refractivity contribution is 6.00. The van der Waals surface area contributed by atoms with Crippen LogP contribution in [0.2, 0.25) is 0 Å². The average Bonchev–Trinajstić information content (AvgIpc) is 3.73. The van der Waals surface area contributed by atoms with Gasteiger partial charge in [0.15, 0.2) is 0 Å². The quantitative estimate of drug-likeness (QED) is 0.220. The SMILES string of the molecule is Fc1ccc(-c2cncc3[nH]c(-c4n[nH]c5ccc(-c6cncc(CNCC7CCCC7)c6)nc45)cc23)cc1. The summed E-state index contributed by atoms with van der Waals surface area (Å²) >= 11 is 0. The Bertz CT molecular complexity index is 1760. The summed E-state index contributed by atoms with van der Waals surface area (Å²) in [6.45, 7) is 1.87. The minimum atomic E-state index is -0.264. The third kappa shape index (κ3) is 4.68. The summed E-state index contributed by atoms with van der Waals surface area (Å²) in [4.78, 5) is 17.3. The topological polar surface area (TPSA) is 95.2 Å². The van der Waals surface area contributed by atoms with E-state index in [1.54, 1.807) is 24.5 Å². The van der Waals surface area contributed by atoms with Crippen LogP contribution in [0.15, 0.2) is 73.3 Å². The number of pyridine rings is 3. The van der Waals surface area contributed by atoms with Crippen molar-refractivity contribution in [2.45, 2.75) is 32.2 Å². The van der Waals surface area contributed by atoms with Crippen molar-refractivity contribution < 1.29 is 4.39 Å². The van der Waals surface area contributed by atoms with Crippen molar-refractivity contribution in [3.05, 3.63) is 84.7 Å². The van der Waals surface area contributed by atoms with Gasteiger partial charge in [-0.1, -0.05) is 25.0 Å². The lowest BCUT2D eigenvalue weighted by Crippen LogP contribution is -2.20. The van der Waals surface area contributed by atoms with E-state index in [2.05, 4.69) is 42.6 Å². The highest BCUT2D eigenvalue weighted by Crippen LogP contribution is 2.34. The predicted molar refractivity (Wildman–Crippen MR) is 151 cm³/mol. The van der Waals surface area contributed by atoms with Gasteiger partial charge in [-0.3, -0.25) is 15.1 Å². The van der Waals surface area contributed by atoms with Crippen LogP contribution in [0.4, 0.5) is 4.39 Å². The Morgan fingerprint density at radius 2 is 1.72 bits per heavy atom. The lowest BCUT2D eigenvalue weighted by atomic mass is 10.0. The Kier molecular flexibility index (Phi) is 6.09. The van der Waals surface area contributed by atoms with Gasteiger partial charge in [0.1, 0.15) is 17.0 Å². The lowest BCUT2D eigenvalue weighted by molar-refractivity contribution is 0.489. The molecule has 7 nitrogen and oxygen atoms in total. The largest absolute Gasteiger partial charge is 0.352 e. The molecular formula is C31H28FN7. The number of benzene rings is 1. The first-order valence-corrected chi connectivity index (χ1v) is 13.4. The van der Waals surface area contributed by atoms with E-state index in [-0.39, 0.29) is 5.82 Å². The fourth-order valence-electron chi connectivity index (χ4n) is 5.65. The van der Waals surface area contributed by atoms with E-state index in [4.69, 9.17) is 4.98 Å². The lowest BCUT2D eigenvalue weighted by Gasteiger charge is -2.11. The number of nitrogens with one attached hydrogen (secondary N) is 3. The molecule has 8 heteroatoms. The highest BCUT2D eigenvalue weighted by atomic mass is 19.1. The second-order valence-corrected chi connectivity index (χ2v) is 10.4. The van der Waals surface area contributed by atoms with Crippen molar-refractivity contribution in [1.82, 2.24) is 35.5 Å². The zero-order valence-electron chi connectivity index (χ0n) is 21.4. The van der Waals surface area contributed by atoms with E-state index in [0.29, 0.717) is 0 Å². The molecule has 0 bridgehead atoms. The monoisotopic (exact) mass is 517 g/mol. The van der Waals surface area contributed by atoms with Crippen LogP contribution in [0.25, 0.3) is 55.7 Å². The van der Waals surface area contributed by atoms with E-state index in [0.717, 1.165) is 80.3 Å². The number of H-pyrrole nitrogens is 2. The average molecular weight is 518 g/mol. The van der Waals surface area contributed by atoms with Crippen molar-refractivity contribution >= 4 is 21.9 Å². The molecule has 0 unspecified atom stereocenters. The molecule has 0 amide bonds. The van der Waals surface area contributed by atoms with E-state index in [1.807, 2.05) is 24.5 Å². The van der Waals surface area contributed by atoms with Gasteiger partial charge in [-0.15, -0.1) is 0 Å². The smallest absolute Gasteiger partial charge is 0.135 e. The van der Waals surface area contributed by atoms with Gasteiger partial charge in [0, 0.05) is 41.6 Å². The first-order valence-electron chi connectivity index (χ1n) is 13.4. The maximum absolute atomic E-state index is 13.5. The normalized spacial score (nSPS) is 14.1. The van der Waals surface area contributed by atoms with Crippen molar-refractivity contribution in [3.8, 4) is 33.8 Å². The molecule has 0 atom stereocenters. The predicted octanol–water partition coefficient (Wildman–Crippen LogP) is 6.65. The fraction of sp³-hybridized carbons (Fsp3) is 0.226. The van der Waals surface area contributed by atoms with Gasteiger partial charge in [-0.05, 0) is 72.8 Å². The Labute approximate surface area is 224 Å². The van der Waals surface area contributed by atoms with E-state index in [9.17, 15) is 4.39 Å². The molecule has 1 aliphatic rings. The van der Waals surface area contributed by atoms with Gasteiger partial charge < -0.3 is 10.3 Å². The Morgan fingerprint density at radius 1 is 0.872 bits per heavy atom. The summed E-state index contributed by atoms with van der Waals surface area (Å²) in [6, 6.07) is 14.7. The second kappa shape index (κ2) is 10.0. The molecule has 1 aliphatic carbocycles. The Morgan fingerprint density at radius 3 is 2.59 bits per heavy atom. The molecule has 5 heterocycles. The van der Waals surface area contributed by atoms with Crippen LogP contribution in [0.3, 0.4) is 0 Å². The molecule has 5 aromatic heterocycles. The molecule has 3 N–H and O–H groups in total. The number of halogens is 1. The minimum absolute atomic E-state index is 0.264. The molecule has 39 heavy (non-hydrogen) atoms. The summed E-state index contributed by atoms with van der Waals surface area (Å²) in [5.41, 5.74) is 8.87. The van der Waals surface area contributed by atoms with Gasteiger partial charge in [0.2, 0.25) is 0 Å². The standard InChI is InChI=1S/C31H28FN7/c32-23-7-5-21(6-8-23)25-17-35-18-29-24(25)12-28(36-29)31-30-27(38-39-31)10-9-26(37-30)22-11-20(15-34-16-22)14-33-13-19-3-1-2-4-19/h5-12,15-19,33,36H,1-4,13-14H2,(H,38,39). The van der Waals surface area contributed by atoms with Gasteiger partial charge in [0.25, 0.3) is 0 Å². The minimum Gasteiger partial charge on any atom is -0.352 e. The van der Waals surface area contributed by atoms with Gasteiger partial charge in [-0.2, -0.15) is 5.10 Å². The zero-order valence-corrected chi connectivity index (χ0v) is 21.4. The first kappa shape index (κ1) is 23.7. The van der Waals surface area contributed by atoms with Crippen LogP contribution in [-0.2, 0) is 6.54 Å². The summed E-state index contributed by atoms with van der Waals surface area (Å²) in [5.74, 6) is 0.538. The maximum atomic E-state index is 13.5. The number of aromatic amines is 2. The number of hydrogen-bond acceptors (Lipinski definition) is 5. The molecule has 0 spiro atoms. The molecular weight excluding hydrogens is 489 g/mol. The van der Waals surface area contributed by atoms with Crippen molar-refractivity contribution in [2.75, 3.05) is 6.54 Å². The number of aromatic nitrogens is 6. The first-order chi connectivity index (χ1) is 19.2. The van der Waals surface area contributed by atoms with E-state index in [1.165, 1.54) is 37.8 Å². The number of rotatable bonds is 7. The molecule has 6 aromatic rings. The van der Waals surface area contributed by atoms with Crippen molar-refractivity contribution in [2.24, 2.45) is 5.92 Å². The summed E-state index contributed by atoms with van der Waals surface area (Å²) in [5, 5.41) is 12.3. The van der Waals surface area contributed by atoms with E-state index < -0.39 is 0 Å². The van der Waals surface area contributed by atoms with Crippen LogP contribution in [0.5, 0.6) is 0 Å². The van der Waals surface area contributed by atoms with Gasteiger partial charge in [-0.25, -0.2) is 9.37 Å². The molecule has 0 aliphatic heterocycles. The molecule has 1 fully saturated rings. The number of nitrogens with zero attached hydrogens (tertiary/aromatic N) is 4. The van der Waals surface area contributed by atoms with Crippen molar-refractivity contribution in [3.63, 3.8) is 0 Å². The number of fused-ring (bicyclic) bond motifs is 2. The zero-order chi connectivity index (χ0) is 26.2. The molecule has 1 saturated carbocycles. The van der Waals surface area contributed by atoms with Crippen LogP contribution in [-0.4, -0.2) is 36.7 Å². The third-order valence-electron chi connectivity index (χ3n) is 7.69. The molecule has 7 rings (SSSR count). The molecule has 0 radical (unpaired) electrons. The molecule has 1 aromatic carbocycles. The maximum Gasteiger partial charge on any atom is 0.135 e. The summed E-state index contributed by atoms with van der Waals surface area (Å²) in [7, 11) is 0. The van der Waals surface area contributed by atoms with Crippen LogP contribution >= 0.6 is 0 Å². The fourth-order valence-corrected chi connectivity index (χ4v) is 5.65. The van der Waals surface area contributed by atoms with Gasteiger partial charge in [0.05, 0.1) is 28.6 Å². The van der Waals surface area contributed by atoms with Crippen LogP contribution in [0, 0.1) is 11.7 Å². The molecule has 0 saturated heterocycles. The highest BCUT2D eigenvalue weighted by Gasteiger charge is 2.17. The molecule has 194 valence electrons. The van der Waals surface area contributed by atoms with Gasteiger partial charge >= 0.3 is 0 Å². The van der Waals surface area contributed by atoms with E-state index >= 15 is 0 Å². The Hall–Kier alpha value is -4.43. The summed E-state index contributed by atoms with van der Waals surface area (Å²) in [6.07, 6.45) is 12.8. The second-order valence-electron chi connectivity index (χ2n) is 10.4.